The van der Waals surface area contributed by atoms with Gasteiger partial charge in [-0.2, -0.15) is 0 Å². The summed E-state index contributed by atoms with van der Waals surface area (Å²) in [6.07, 6.45) is 10.7. The number of carbonyl (C=O) groups excluding carboxylic acids is 1. The standard InChI is InChI=1S/C21H34O3S2/c1-2-3-5-11-19-12-8-14-21(25-15-9-16-26-21)17-18(22)10-6-4-7-13-20(23)24-19/h18-19,22H,2-3,5,7-17H2,1H3. The number of hydrogen-bond acceptors (Lipinski definition) is 5. The first-order chi connectivity index (χ1) is 12.6. The fourth-order valence-electron chi connectivity index (χ4n) is 3.58. The van der Waals surface area contributed by atoms with Gasteiger partial charge in [0, 0.05) is 12.8 Å². The lowest BCUT2D eigenvalue weighted by atomic mass is 10.0. The molecular formula is C21H34O3S2. The molecule has 0 saturated carbocycles. The van der Waals surface area contributed by atoms with Crippen molar-refractivity contribution < 1.29 is 14.6 Å². The molecule has 0 amide bonds. The molecule has 2 heterocycles. The number of carbonyl (C=O) groups is 1. The molecule has 2 aliphatic heterocycles. The molecule has 0 aromatic rings. The Morgan fingerprint density at radius 2 is 2.04 bits per heavy atom. The van der Waals surface area contributed by atoms with Gasteiger partial charge in [-0.25, -0.2) is 0 Å². The molecule has 2 rings (SSSR count). The topological polar surface area (TPSA) is 46.5 Å². The van der Waals surface area contributed by atoms with E-state index in [1.54, 1.807) is 0 Å². The van der Waals surface area contributed by atoms with Gasteiger partial charge in [0.25, 0.3) is 0 Å². The Morgan fingerprint density at radius 1 is 1.23 bits per heavy atom. The molecule has 1 spiro atoms. The quantitative estimate of drug-likeness (QED) is 0.403. The van der Waals surface area contributed by atoms with Crippen molar-refractivity contribution in [1.29, 1.82) is 0 Å². The van der Waals surface area contributed by atoms with Crippen LogP contribution < -0.4 is 0 Å². The van der Waals surface area contributed by atoms with E-state index in [-0.39, 0.29) is 22.3 Å². The van der Waals surface area contributed by atoms with E-state index in [0.29, 0.717) is 19.3 Å². The van der Waals surface area contributed by atoms with E-state index in [9.17, 15) is 9.90 Å². The van der Waals surface area contributed by atoms with Crippen molar-refractivity contribution in [3.8, 4) is 11.8 Å². The van der Waals surface area contributed by atoms with E-state index in [4.69, 9.17) is 4.74 Å². The second-order valence-electron chi connectivity index (χ2n) is 7.38. The number of thioether (sulfide) groups is 2. The zero-order valence-electron chi connectivity index (χ0n) is 16.1. The molecule has 2 aliphatic rings. The van der Waals surface area contributed by atoms with Crippen LogP contribution in [0.2, 0.25) is 0 Å². The number of esters is 1. The summed E-state index contributed by atoms with van der Waals surface area (Å²) in [5, 5.41) is 10.5. The van der Waals surface area contributed by atoms with Crippen LogP contribution in [0.15, 0.2) is 0 Å². The third-order valence-electron chi connectivity index (χ3n) is 4.99. The molecule has 26 heavy (non-hydrogen) atoms. The van der Waals surface area contributed by atoms with E-state index >= 15 is 0 Å². The molecule has 0 aliphatic carbocycles. The van der Waals surface area contributed by atoms with Crippen molar-refractivity contribution in [2.75, 3.05) is 11.5 Å². The lowest BCUT2D eigenvalue weighted by Crippen LogP contribution is -2.31. The second-order valence-corrected chi connectivity index (χ2v) is 10.6. The molecule has 0 aromatic heterocycles. The molecule has 3 nitrogen and oxygen atoms in total. The summed E-state index contributed by atoms with van der Waals surface area (Å²) in [5.74, 6) is 8.34. The van der Waals surface area contributed by atoms with Crippen molar-refractivity contribution in [1.82, 2.24) is 0 Å². The maximum absolute atomic E-state index is 12.1. The monoisotopic (exact) mass is 398 g/mol. The Bertz CT molecular complexity index is 477. The van der Waals surface area contributed by atoms with Gasteiger partial charge in [0.15, 0.2) is 0 Å². The van der Waals surface area contributed by atoms with Crippen LogP contribution in [0.4, 0.5) is 0 Å². The number of cyclic esters (lactones) is 1. The average molecular weight is 399 g/mol. The highest BCUT2D eigenvalue weighted by molar-refractivity contribution is 8.18. The molecule has 148 valence electrons. The Hall–Kier alpha value is -0.310. The molecule has 5 heteroatoms. The SMILES string of the molecule is CCCCCC1CCCC2(CC(O)CC#CCCC(=O)O1)SCCCS2. The van der Waals surface area contributed by atoms with Crippen molar-refractivity contribution in [2.24, 2.45) is 0 Å². The van der Waals surface area contributed by atoms with E-state index < -0.39 is 0 Å². The zero-order valence-corrected chi connectivity index (χ0v) is 17.8. The summed E-state index contributed by atoms with van der Waals surface area (Å²) in [7, 11) is 0. The highest BCUT2D eigenvalue weighted by atomic mass is 32.2. The van der Waals surface area contributed by atoms with Gasteiger partial charge in [-0.1, -0.05) is 19.8 Å². The van der Waals surface area contributed by atoms with Gasteiger partial charge in [0.05, 0.1) is 16.6 Å². The van der Waals surface area contributed by atoms with E-state index in [1.807, 2.05) is 23.5 Å². The number of hydrogen-bond donors (Lipinski definition) is 1. The highest BCUT2D eigenvalue weighted by Crippen LogP contribution is 2.49. The van der Waals surface area contributed by atoms with Gasteiger partial charge in [0.2, 0.25) is 0 Å². The minimum Gasteiger partial charge on any atom is -0.462 e. The Morgan fingerprint density at radius 3 is 2.81 bits per heavy atom. The van der Waals surface area contributed by atoms with Gasteiger partial charge in [-0.3, -0.25) is 4.79 Å². The van der Waals surface area contributed by atoms with Crippen LogP contribution in [-0.2, 0) is 9.53 Å². The number of aliphatic hydroxyl groups is 1. The maximum Gasteiger partial charge on any atom is 0.307 e. The average Bonchev–Trinajstić information content (AvgIpc) is 2.61. The third-order valence-corrected chi connectivity index (χ3v) is 8.48. The lowest BCUT2D eigenvalue weighted by Gasteiger charge is -2.38. The largest absolute Gasteiger partial charge is 0.462 e. The normalized spacial score (nSPS) is 27.8. The number of rotatable bonds is 4. The Labute approximate surface area is 167 Å². The molecule has 0 aromatic carbocycles. The summed E-state index contributed by atoms with van der Waals surface area (Å²) in [6.45, 7) is 2.20. The van der Waals surface area contributed by atoms with E-state index in [2.05, 4.69) is 18.8 Å². The van der Waals surface area contributed by atoms with Gasteiger partial charge in [-0.05, 0) is 56.5 Å². The maximum atomic E-state index is 12.1. The van der Waals surface area contributed by atoms with Gasteiger partial charge < -0.3 is 9.84 Å². The van der Waals surface area contributed by atoms with Crippen LogP contribution in [0.5, 0.6) is 0 Å². The first kappa shape index (κ1) is 22.0. The minimum atomic E-state index is -0.365. The lowest BCUT2D eigenvalue weighted by molar-refractivity contribution is -0.149. The fraction of sp³-hybridized carbons (Fsp3) is 0.857. The van der Waals surface area contributed by atoms with E-state index in [1.165, 1.54) is 30.8 Å². The van der Waals surface area contributed by atoms with Crippen molar-refractivity contribution in [3.63, 3.8) is 0 Å². The van der Waals surface area contributed by atoms with E-state index in [0.717, 1.165) is 38.5 Å². The fourth-order valence-corrected chi connectivity index (χ4v) is 7.12. The molecule has 0 radical (unpaired) electrons. The van der Waals surface area contributed by atoms with Crippen LogP contribution in [-0.4, -0.2) is 38.9 Å². The molecule has 2 atom stereocenters. The molecule has 2 unspecified atom stereocenters. The molecule has 0 bridgehead atoms. The first-order valence-electron chi connectivity index (χ1n) is 10.2. The van der Waals surface area contributed by atoms with Crippen LogP contribution in [0, 0.1) is 11.8 Å². The van der Waals surface area contributed by atoms with Crippen LogP contribution in [0.1, 0.15) is 84.0 Å². The Balaban J connectivity index is 2.01. The van der Waals surface area contributed by atoms with Crippen LogP contribution in [0.25, 0.3) is 0 Å². The van der Waals surface area contributed by atoms with Crippen molar-refractivity contribution in [2.45, 2.75) is 100 Å². The predicted molar refractivity (Wildman–Crippen MR) is 112 cm³/mol. The summed E-state index contributed by atoms with van der Waals surface area (Å²) < 4.78 is 5.88. The van der Waals surface area contributed by atoms with Crippen molar-refractivity contribution in [3.05, 3.63) is 0 Å². The predicted octanol–water partition coefficient (Wildman–Crippen LogP) is 5.15. The summed E-state index contributed by atoms with van der Waals surface area (Å²) in [6, 6.07) is 0. The highest BCUT2D eigenvalue weighted by Gasteiger charge is 2.35. The molecular weight excluding hydrogens is 364 g/mol. The summed E-state index contributed by atoms with van der Waals surface area (Å²) >= 11 is 4.04. The van der Waals surface area contributed by atoms with Crippen LogP contribution >= 0.6 is 23.5 Å². The van der Waals surface area contributed by atoms with Crippen LogP contribution in [0.3, 0.4) is 0 Å². The van der Waals surface area contributed by atoms with Gasteiger partial charge in [0.1, 0.15) is 6.10 Å². The molecule has 1 fully saturated rings. The smallest absolute Gasteiger partial charge is 0.307 e. The summed E-state index contributed by atoms with van der Waals surface area (Å²) in [4.78, 5) is 12.1. The number of unbranched alkanes of at least 4 members (excludes halogenated alkanes) is 2. The van der Waals surface area contributed by atoms with Crippen molar-refractivity contribution >= 4 is 29.5 Å². The third kappa shape index (κ3) is 8.15. The summed E-state index contributed by atoms with van der Waals surface area (Å²) in [5.41, 5.74) is 0. The second kappa shape index (κ2) is 12.2. The zero-order chi connectivity index (χ0) is 18.7. The molecule has 1 saturated heterocycles. The number of ether oxygens (including phenoxy) is 1. The molecule has 1 N–H and O–H groups in total. The number of aliphatic hydroxyl groups excluding tert-OH is 1. The van der Waals surface area contributed by atoms with Gasteiger partial charge >= 0.3 is 5.97 Å². The van der Waals surface area contributed by atoms with Gasteiger partial charge in [-0.15, -0.1) is 35.4 Å². The first-order valence-corrected chi connectivity index (χ1v) is 12.2. The Kier molecular flexibility index (Phi) is 10.3. The minimum absolute atomic E-state index is 0.0468.